The first-order chi connectivity index (χ1) is 10.2. The van der Waals surface area contributed by atoms with Gasteiger partial charge in [-0.25, -0.2) is 9.37 Å². The molecule has 21 heavy (non-hydrogen) atoms. The Labute approximate surface area is 122 Å². The topological polar surface area (TPSA) is 43.0 Å². The molecule has 108 valence electrons. The average Bonchev–Trinajstić information content (AvgIpc) is 3.12. The molecule has 1 aromatic carbocycles. The lowest BCUT2D eigenvalue weighted by Gasteiger charge is -2.18. The molecule has 1 N–H and O–H groups in total. The Morgan fingerprint density at radius 3 is 2.90 bits per heavy atom. The Bertz CT molecular complexity index is 706. The Kier molecular flexibility index (Phi) is 3.83. The third-order valence-corrected chi connectivity index (χ3v) is 3.36. The zero-order chi connectivity index (χ0) is 14.7. The van der Waals surface area contributed by atoms with E-state index in [1.54, 1.807) is 18.5 Å². The van der Waals surface area contributed by atoms with Gasteiger partial charge >= 0.3 is 0 Å². The van der Waals surface area contributed by atoms with Crippen LogP contribution < -0.4 is 5.32 Å². The summed E-state index contributed by atoms with van der Waals surface area (Å²) in [6.45, 7) is 0.543. The molecule has 0 saturated heterocycles. The molecule has 0 aliphatic carbocycles. The molecule has 0 amide bonds. The zero-order valence-corrected chi connectivity index (χ0v) is 11.7. The fourth-order valence-electron chi connectivity index (χ4n) is 2.32. The number of furan rings is 1. The van der Waals surface area contributed by atoms with Crippen LogP contribution in [0.2, 0.25) is 0 Å². The minimum atomic E-state index is -0.258. The number of imidazole rings is 1. The van der Waals surface area contributed by atoms with E-state index in [1.807, 2.05) is 36.0 Å². The van der Waals surface area contributed by atoms with Crippen molar-refractivity contribution in [1.82, 2.24) is 14.9 Å². The third kappa shape index (κ3) is 3.03. The molecule has 0 spiro atoms. The number of halogens is 1. The Hall–Kier alpha value is -2.40. The number of aromatic nitrogens is 2. The van der Waals surface area contributed by atoms with Gasteiger partial charge in [0.05, 0.1) is 18.8 Å². The summed E-state index contributed by atoms with van der Waals surface area (Å²) in [7, 11) is 1.92. The molecule has 2 heterocycles. The number of nitrogens with one attached hydrogen (secondary N) is 1. The van der Waals surface area contributed by atoms with E-state index in [9.17, 15) is 4.39 Å². The van der Waals surface area contributed by atoms with Crippen LogP contribution in [-0.2, 0) is 13.6 Å². The highest BCUT2D eigenvalue weighted by molar-refractivity contribution is 5.26. The number of hydrogen-bond donors (Lipinski definition) is 1. The van der Waals surface area contributed by atoms with Crippen molar-refractivity contribution in [2.45, 2.75) is 12.6 Å². The van der Waals surface area contributed by atoms with Gasteiger partial charge in [-0.2, -0.15) is 0 Å². The van der Waals surface area contributed by atoms with Gasteiger partial charge in [-0.1, -0.05) is 12.1 Å². The van der Waals surface area contributed by atoms with Crippen molar-refractivity contribution in [3.05, 3.63) is 78.0 Å². The van der Waals surface area contributed by atoms with Gasteiger partial charge in [-0.3, -0.25) is 5.32 Å². The standard InChI is InChI=1S/C16H16FN3O/c1-20-8-7-18-16(20)15(12-4-2-5-13(17)10-12)19-11-14-6-3-9-21-14/h2-10,15,19H,11H2,1H3/t15-/m1/s1. The minimum Gasteiger partial charge on any atom is -0.468 e. The second kappa shape index (κ2) is 5.93. The van der Waals surface area contributed by atoms with Crippen LogP contribution in [0.25, 0.3) is 0 Å². The van der Waals surface area contributed by atoms with Crippen molar-refractivity contribution in [2.75, 3.05) is 0 Å². The highest BCUT2D eigenvalue weighted by Crippen LogP contribution is 2.21. The number of aryl methyl sites for hydroxylation is 1. The molecular formula is C16H16FN3O. The van der Waals surface area contributed by atoms with Gasteiger partial charge in [0.2, 0.25) is 0 Å². The van der Waals surface area contributed by atoms with Crippen molar-refractivity contribution in [3.8, 4) is 0 Å². The number of benzene rings is 1. The van der Waals surface area contributed by atoms with Crippen LogP contribution in [0.3, 0.4) is 0 Å². The minimum absolute atomic E-state index is 0.203. The van der Waals surface area contributed by atoms with E-state index in [2.05, 4.69) is 10.3 Å². The molecule has 2 aromatic heterocycles. The van der Waals surface area contributed by atoms with E-state index in [-0.39, 0.29) is 11.9 Å². The molecule has 1 atom stereocenters. The molecule has 0 aliphatic heterocycles. The summed E-state index contributed by atoms with van der Waals surface area (Å²) in [4.78, 5) is 4.37. The lowest BCUT2D eigenvalue weighted by Crippen LogP contribution is -2.24. The molecule has 0 saturated carbocycles. The van der Waals surface area contributed by atoms with Gasteiger partial charge in [-0.05, 0) is 29.8 Å². The van der Waals surface area contributed by atoms with E-state index in [0.29, 0.717) is 6.54 Å². The first kappa shape index (κ1) is 13.6. The first-order valence-corrected chi connectivity index (χ1v) is 6.72. The lowest BCUT2D eigenvalue weighted by molar-refractivity contribution is 0.458. The summed E-state index contributed by atoms with van der Waals surface area (Å²) >= 11 is 0. The van der Waals surface area contributed by atoms with Gasteiger partial charge < -0.3 is 8.98 Å². The fraction of sp³-hybridized carbons (Fsp3) is 0.188. The van der Waals surface area contributed by atoms with Crippen LogP contribution >= 0.6 is 0 Å². The highest BCUT2D eigenvalue weighted by atomic mass is 19.1. The van der Waals surface area contributed by atoms with E-state index in [0.717, 1.165) is 17.1 Å². The highest BCUT2D eigenvalue weighted by Gasteiger charge is 2.18. The van der Waals surface area contributed by atoms with Gasteiger partial charge in [0.15, 0.2) is 0 Å². The monoisotopic (exact) mass is 285 g/mol. The van der Waals surface area contributed by atoms with Gasteiger partial charge in [-0.15, -0.1) is 0 Å². The quantitative estimate of drug-likeness (QED) is 0.783. The molecule has 3 rings (SSSR count). The van der Waals surface area contributed by atoms with Crippen molar-refractivity contribution in [3.63, 3.8) is 0 Å². The summed E-state index contributed by atoms with van der Waals surface area (Å²) in [5.74, 6) is 1.39. The van der Waals surface area contributed by atoms with Crippen LogP contribution in [0.15, 0.2) is 59.5 Å². The molecule has 0 aliphatic rings. The SMILES string of the molecule is Cn1ccnc1[C@H](NCc1ccco1)c1cccc(F)c1. The normalized spacial score (nSPS) is 12.5. The zero-order valence-electron chi connectivity index (χ0n) is 11.7. The van der Waals surface area contributed by atoms with Gasteiger partial charge in [0.1, 0.15) is 17.4 Å². The molecule has 0 radical (unpaired) electrons. The number of rotatable bonds is 5. The maximum atomic E-state index is 13.5. The Balaban J connectivity index is 1.89. The first-order valence-electron chi connectivity index (χ1n) is 6.72. The summed E-state index contributed by atoms with van der Waals surface area (Å²) < 4.78 is 20.8. The fourth-order valence-corrected chi connectivity index (χ4v) is 2.32. The van der Waals surface area contributed by atoms with E-state index >= 15 is 0 Å². The summed E-state index contributed by atoms with van der Waals surface area (Å²) in [5, 5.41) is 3.37. The largest absolute Gasteiger partial charge is 0.468 e. The lowest BCUT2D eigenvalue weighted by atomic mass is 10.1. The molecule has 0 bridgehead atoms. The second-order valence-electron chi connectivity index (χ2n) is 4.84. The molecule has 3 aromatic rings. The van der Waals surface area contributed by atoms with E-state index < -0.39 is 0 Å². The van der Waals surface area contributed by atoms with Crippen molar-refractivity contribution in [2.24, 2.45) is 7.05 Å². The number of hydrogen-bond acceptors (Lipinski definition) is 3. The van der Waals surface area contributed by atoms with Crippen molar-refractivity contribution < 1.29 is 8.81 Å². The molecule has 4 nitrogen and oxygen atoms in total. The van der Waals surface area contributed by atoms with Crippen LogP contribution in [0.1, 0.15) is 23.2 Å². The molecule has 0 unspecified atom stereocenters. The Morgan fingerprint density at radius 1 is 1.33 bits per heavy atom. The smallest absolute Gasteiger partial charge is 0.130 e. The van der Waals surface area contributed by atoms with Crippen molar-refractivity contribution in [1.29, 1.82) is 0 Å². The van der Waals surface area contributed by atoms with E-state index in [1.165, 1.54) is 12.1 Å². The van der Waals surface area contributed by atoms with Crippen LogP contribution in [0, 0.1) is 5.82 Å². The Morgan fingerprint density at radius 2 is 2.24 bits per heavy atom. The third-order valence-electron chi connectivity index (χ3n) is 3.36. The summed E-state index contributed by atoms with van der Waals surface area (Å²) in [5.41, 5.74) is 0.829. The van der Waals surface area contributed by atoms with Crippen LogP contribution in [0.5, 0.6) is 0 Å². The molecular weight excluding hydrogens is 269 g/mol. The molecule has 5 heteroatoms. The van der Waals surface area contributed by atoms with Crippen molar-refractivity contribution >= 4 is 0 Å². The maximum absolute atomic E-state index is 13.5. The maximum Gasteiger partial charge on any atom is 0.130 e. The predicted octanol–water partition coefficient (Wildman–Crippen LogP) is 3.03. The van der Waals surface area contributed by atoms with Crippen LogP contribution in [-0.4, -0.2) is 9.55 Å². The van der Waals surface area contributed by atoms with Crippen LogP contribution in [0.4, 0.5) is 4.39 Å². The van der Waals surface area contributed by atoms with E-state index in [4.69, 9.17) is 4.42 Å². The van der Waals surface area contributed by atoms with Gasteiger partial charge in [0.25, 0.3) is 0 Å². The van der Waals surface area contributed by atoms with Gasteiger partial charge in [0, 0.05) is 19.4 Å². The number of nitrogens with zero attached hydrogens (tertiary/aromatic N) is 2. The molecule has 0 fully saturated rings. The second-order valence-corrected chi connectivity index (χ2v) is 4.84. The summed E-state index contributed by atoms with van der Waals surface area (Å²) in [6.07, 6.45) is 5.24. The predicted molar refractivity (Wildman–Crippen MR) is 77.0 cm³/mol. The summed E-state index contributed by atoms with van der Waals surface area (Å²) in [6, 6.07) is 10.1. The average molecular weight is 285 g/mol.